The highest BCUT2D eigenvalue weighted by molar-refractivity contribution is 7.81. The second-order valence-corrected chi connectivity index (χ2v) is 5.42. The van der Waals surface area contributed by atoms with E-state index < -0.39 is 11.3 Å². The zero-order chi connectivity index (χ0) is 12.2. The fourth-order valence-electron chi connectivity index (χ4n) is 0.877. The van der Waals surface area contributed by atoms with E-state index in [9.17, 15) is 9.59 Å². The van der Waals surface area contributed by atoms with Crippen molar-refractivity contribution in [2.24, 2.45) is 0 Å². The smallest absolute Gasteiger partial charge is 0.242 e. The van der Waals surface area contributed by atoms with E-state index in [1.54, 1.807) is 13.8 Å². The van der Waals surface area contributed by atoms with Crippen LogP contribution in [0.2, 0.25) is 0 Å². The Morgan fingerprint density at radius 2 is 1.60 bits per heavy atom. The average molecular weight is 232 g/mol. The van der Waals surface area contributed by atoms with Gasteiger partial charge >= 0.3 is 0 Å². The van der Waals surface area contributed by atoms with Crippen LogP contribution in [0, 0.1) is 0 Å². The van der Waals surface area contributed by atoms with Crippen LogP contribution < -0.4 is 10.6 Å². The molecule has 5 heteroatoms. The van der Waals surface area contributed by atoms with Gasteiger partial charge in [0.25, 0.3) is 0 Å². The molecule has 2 unspecified atom stereocenters. The minimum atomic E-state index is -0.536. The van der Waals surface area contributed by atoms with Crippen molar-refractivity contribution in [1.29, 1.82) is 0 Å². The lowest BCUT2D eigenvalue weighted by atomic mass is 10.1. The van der Waals surface area contributed by atoms with Gasteiger partial charge in [-0.05, 0) is 34.6 Å². The van der Waals surface area contributed by atoms with Gasteiger partial charge in [-0.1, -0.05) is 0 Å². The highest BCUT2D eigenvalue weighted by atomic mass is 32.1. The Bertz CT molecular complexity index is 246. The van der Waals surface area contributed by atoms with E-state index in [0.717, 1.165) is 0 Å². The predicted molar refractivity (Wildman–Crippen MR) is 63.9 cm³/mol. The number of nitrogens with one attached hydrogen (secondary N) is 2. The summed E-state index contributed by atoms with van der Waals surface area (Å²) in [5, 5.41) is 4.95. The summed E-state index contributed by atoms with van der Waals surface area (Å²) < 4.78 is 0. The quantitative estimate of drug-likeness (QED) is 0.628. The Hall–Kier alpha value is -0.710. The normalized spacial score (nSPS) is 15.3. The number of rotatable bonds is 3. The van der Waals surface area contributed by atoms with Gasteiger partial charge in [-0.3, -0.25) is 9.59 Å². The van der Waals surface area contributed by atoms with Crippen molar-refractivity contribution in [3.63, 3.8) is 0 Å². The van der Waals surface area contributed by atoms with E-state index in [1.807, 2.05) is 20.8 Å². The zero-order valence-electron chi connectivity index (χ0n) is 9.92. The third-order valence-electron chi connectivity index (χ3n) is 1.63. The van der Waals surface area contributed by atoms with Gasteiger partial charge < -0.3 is 10.6 Å². The number of amides is 2. The Morgan fingerprint density at radius 3 is 1.93 bits per heavy atom. The summed E-state index contributed by atoms with van der Waals surface area (Å²) in [6, 6.07) is -0.536. The van der Waals surface area contributed by atoms with Gasteiger partial charge in [0, 0.05) is 5.54 Å². The first-order chi connectivity index (χ1) is 6.63. The summed E-state index contributed by atoms with van der Waals surface area (Å²) in [6.45, 7) is 8.98. The first-order valence-corrected chi connectivity index (χ1v) is 5.45. The van der Waals surface area contributed by atoms with Gasteiger partial charge in [-0.15, -0.1) is 0 Å². The van der Waals surface area contributed by atoms with Crippen LogP contribution in [0.25, 0.3) is 0 Å². The molecule has 0 bridgehead atoms. The first kappa shape index (κ1) is 14.3. The molecule has 0 aliphatic carbocycles. The monoisotopic (exact) mass is 232 g/mol. The van der Waals surface area contributed by atoms with E-state index in [4.69, 9.17) is 0 Å². The van der Waals surface area contributed by atoms with Crippen LogP contribution in [0.1, 0.15) is 34.6 Å². The van der Waals surface area contributed by atoms with Crippen LogP contribution in [-0.4, -0.2) is 28.6 Å². The maximum absolute atomic E-state index is 11.6. The van der Waals surface area contributed by atoms with Crippen LogP contribution >= 0.6 is 12.6 Å². The Kier molecular flexibility index (Phi) is 5.14. The number of hydrogen-bond acceptors (Lipinski definition) is 3. The molecule has 0 saturated heterocycles. The van der Waals surface area contributed by atoms with Crippen LogP contribution in [-0.2, 0) is 9.59 Å². The third kappa shape index (κ3) is 6.38. The van der Waals surface area contributed by atoms with Gasteiger partial charge in [0.05, 0.1) is 5.25 Å². The van der Waals surface area contributed by atoms with Gasteiger partial charge in [0.15, 0.2) is 0 Å². The zero-order valence-corrected chi connectivity index (χ0v) is 10.8. The number of hydrogen-bond donors (Lipinski definition) is 3. The van der Waals surface area contributed by atoms with E-state index in [2.05, 4.69) is 23.3 Å². The van der Waals surface area contributed by atoms with Crippen LogP contribution in [0.3, 0.4) is 0 Å². The van der Waals surface area contributed by atoms with Crippen molar-refractivity contribution in [2.45, 2.75) is 51.4 Å². The summed E-state index contributed by atoms with van der Waals surface area (Å²) in [6.07, 6.45) is 0. The van der Waals surface area contributed by atoms with Gasteiger partial charge in [-0.25, -0.2) is 0 Å². The number of thiol groups is 1. The van der Waals surface area contributed by atoms with Crippen molar-refractivity contribution in [1.82, 2.24) is 10.6 Å². The van der Waals surface area contributed by atoms with Crippen molar-refractivity contribution < 1.29 is 9.59 Å². The molecule has 0 aromatic rings. The van der Waals surface area contributed by atoms with Crippen LogP contribution in [0.5, 0.6) is 0 Å². The molecule has 0 rings (SSSR count). The molecule has 0 fully saturated rings. The van der Waals surface area contributed by atoms with E-state index >= 15 is 0 Å². The lowest BCUT2D eigenvalue weighted by Gasteiger charge is -2.24. The number of carbonyl (C=O) groups is 2. The van der Waals surface area contributed by atoms with Crippen LogP contribution in [0.4, 0.5) is 0 Å². The molecule has 2 atom stereocenters. The minimum Gasteiger partial charge on any atom is -0.350 e. The molecular weight excluding hydrogens is 212 g/mol. The summed E-state index contributed by atoms with van der Waals surface area (Å²) in [7, 11) is 0. The summed E-state index contributed by atoms with van der Waals surface area (Å²) in [4.78, 5) is 22.8. The predicted octanol–water partition coefficient (Wildman–Crippen LogP) is 0.724. The molecular formula is C10H20N2O2S. The van der Waals surface area contributed by atoms with Crippen LogP contribution in [0.15, 0.2) is 0 Å². The van der Waals surface area contributed by atoms with Gasteiger partial charge in [0.1, 0.15) is 6.04 Å². The van der Waals surface area contributed by atoms with Crippen molar-refractivity contribution in [3.05, 3.63) is 0 Å². The van der Waals surface area contributed by atoms with Gasteiger partial charge in [-0.2, -0.15) is 12.6 Å². The summed E-state index contributed by atoms with van der Waals surface area (Å²) in [5.74, 6) is -0.431. The maximum Gasteiger partial charge on any atom is 0.242 e. The molecule has 0 spiro atoms. The summed E-state index contributed by atoms with van der Waals surface area (Å²) >= 11 is 3.98. The molecule has 0 heterocycles. The molecule has 0 saturated carbocycles. The standard InChI is InChI=1S/C10H20N2O2S/c1-6(11-9(14)7(2)15)8(13)12-10(3,4)5/h6-7,15H,1-5H3,(H,11,14)(H,12,13). The highest BCUT2D eigenvalue weighted by Gasteiger charge is 2.21. The van der Waals surface area contributed by atoms with Crippen molar-refractivity contribution >= 4 is 24.4 Å². The first-order valence-electron chi connectivity index (χ1n) is 4.94. The molecule has 2 amide bonds. The van der Waals surface area contributed by atoms with Crippen molar-refractivity contribution in [3.8, 4) is 0 Å². The lowest BCUT2D eigenvalue weighted by Crippen LogP contribution is -2.51. The van der Waals surface area contributed by atoms with E-state index in [-0.39, 0.29) is 17.4 Å². The largest absolute Gasteiger partial charge is 0.350 e. The Labute approximate surface area is 96.6 Å². The molecule has 0 aliphatic rings. The average Bonchev–Trinajstić information content (AvgIpc) is 2.00. The number of carbonyl (C=O) groups excluding carboxylic acids is 2. The second kappa shape index (κ2) is 5.39. The molecule has 0 radical (unpaired) electrons. The van der Waals surface area contributed by atoms with E-state index in [0.29, 0.717) is 0 Å². The molecule has 88 valence electrons. The van der Waals surface area contributed by atoms with Crippen molar-refractivity contribution in [2.75, 3.05) is 0 Å². The SMILES string of the molecule is CC(S)C(=O)NC(C)C(=O)NC(C)(C)C. The van der Waals surface area contributed by atoms with Gasteiger partial charge in [0.2, 0.25) is 11.8 Å². The fourth-order valence-corrected chi connectivity index (χ4v) is 0.952. The molecule has 0 aromatic carbocycles. The molecule has 0 aromatic heterocycles. The second-order valence-electron chi connectivity index (χ2n) is 4.65. The minimum absolute atomic E-state index is 0.190. The highest BCUT2D eigenvalue weighted by Crippen LogP contribution is 2.00. The third-order valence-corrected chi connectivity index (χ3v) is 1.86. The van der Waals surface area contributed by atoms with E-state index in [1.165, 1.54) is 0 Å². The Morgan fingerprint density at radius 1 is 1.13 bits per heavy atom. The Balaban J connectivity index is 4.17. The maximum atomic E-state index is 11.6. The lowest BCUT2D eigenvalue weighted by molar-refractivity contribution is -0.129. The molecule has 15 heavy (non-hydrogen) atoms. The summed E-state index contributed by atoms with van der Waals surface area (Å²) in [5.41, 5.74) is -0.289. The molecule has 0 aliphatic heterocycles. The molecule has 2 N–H and O–H groups in total. The topological polar surface area (TPSA) is 58.2 Å². The molecule has 4 nitrogen and oxygen atoms in total. The fraction of sp³-hybridized carbons (Fsp3) is 0.800.